The normalized spacial score (nSPS) is 21.9. The number of hydrogen-bond acceptors (Lipinski definition) is 4. The van der Waals surface area contributed by atoms with E-state index in [2.05, 4.69) is 37.9 Å². The van der Waals surface area contributed by atoms with E-state index in [-0.39, 0.29) is 47.7 Å². The van der Waals surface area contributed by atoms with Gasteiger partial charge < -0.3 is 15.1 Å². The Labute approximate surface area is 213 Å². The first kappa shape index (κ1) is 29.3. The molecule has 2 heterocycles. The second kappa shape index (κ2) is 13.4. The van der Waals surface area contributed by atoms with E-state index in [0.717, 1.165) is 51.7 Å². The minimum atomic E-state index is -0.601. The summed E-state index contributed by atoms with van der Waals surface area (Å²) in [5.41, 5.74) is 0.685. The Bertz CT molecular complexity index is 755. The van der Waals surface area contributed by atoms with Crippen LogP contribution in [0, 0.1) is 11.8 Å². The topological polar surface area (TPSA) is 73.0 Å². The number of amides is 3. The Kier molecular flexibility index (Phi) is 11.3. The van der Waals surface area contributed by atoms with Crippen LogP contribution >= 0.6 is 0 Å². The van der Waals surface area contributed by atoms with Gasteiger partial charge in [-0.25, -0.2) is 0 Å². The highest BCUT2D eigenvalue weighted by Gasteiger charge is 2.36. The lowest BCUT2D eigenvalue weighted by Crippen LogP contribution is -2.58. The number of nitrogens with zero attached hydrogens (tertiary/aromatic N) is 3. The van der Waals surface area contributed by atoms with Gasteiger partial charge in [0.2, 0.25) is 17.7 Å². The minimum Gasteiger partial charge on any atom is -0.343 e. The highest BCUT2D eigenvalue weighted by Crippen LogP contribution is 2.22. The summed E-state index contributed by atoms with van der Waals surface area (Å²) in [5.74, 6) is 0.000526. The zero-order valence-electron chi connectivity index (χ0n) is 23.5. The molecule has 0 aliphatic carbocycles. The van der Waals surface area contributed by atoms with Crippen LogP contribution in [0.4, 0.5) is 0 Å². The highest BCUT2D eigenvalue weighted by atomic mass is 16.2. The molecule has 7 heteroatoms. The maximum Gasteiger partial charge on any atom is 0.249 e. The SMILES string of the molecule is C/C(=C\[C@H](C(C)C)N(C)C(=O)C(NC(=O)C1CCCCN1C(C)C)C(C)C)C(=O)N1CCCCC1. The van der Waals surface area contributed by atoms with Crippen LogP contribution in [0.1, 0.15) is 87.0 Å². The lowest BCUT2D eigenvalue weighted by atomic mass is 9.95. The largest absolute Gasteiger partial charge is 0.343 e. The Hall–Kier alpha value is -1.89. The van der Waals surface area contributed by atoms with Gasteiger partial charge in [0.15, 0.2) is 0 Å². The van der Waals surface area contributed by atoms with Crippen LogP contribution < -0.4 is 5.32 Å². The van der Waals surface area contributed by atoms with Crippen molar-refractivity contribution in [2.75, 3.05) is 26.7 Å². The molecule has 2 rings (SSSR count). The number of carbonyl (C=O) groups is 3. The van der Waals surface area contributed by atoms with E-state index in [1.807, 2.05) is 31.7 Å². The van der Waals surface area contributed by atoms with Gasteiger partial charge in [0.25, 0.3) is 0 Å². The minimum absolute atomic E-state index is 0.0436. The maximum atomic E-state index is 13.7. The summed E-state index contributed by atoms with van der Waals surface area (Å²) in [7, 11) is 1.80. The van der Waals surface area contributed by atoms with E-state index in [0.29, 0.717) is 5.57 Å². The van der Waals surface area contributed by atoms with Crippen LogP contribution in [0.2, 0.25) is 0 Å². The summed E-state index contributed by atoms with van der Waals surface area (Å²) in [4.78, 5) is 45.9. The molecule has 7 nitrogen and oxygen atoms in total. The zero-order chi connectivity index (χ0) is 26.3. The predicted octanol–water partition coefficient (Wildman–Crippen LogP) is 3.83. The predicted molar refractivity (Wildman–Crippen MR) is 142 cm³/mol. The van der Waals surface area contributed by atoms with Gasteiger partial charge in [-0.1, -0.05) is 40.2 Å². The molecular weight excluding hydrogens is 440 g/mol. The lowest BCUT2D eigenvalue weighted by molar-refractivity contribution is -0.140. The average molecular weight is 491 g/mol. The maximum absolute atomic E-state index is 13.7. The number of rotatable bonds is 9. The zero-order valence-corrected chi connectivity index (χ0v) is 23.5. The van der Waals surface area contributed by atoms with E-state index >= 15 is 0 Å². The first-order chi connectivity index (χ1) is 16.5. The van der Waals surface area contributed by atoms with Gasteiger partial charge >= 0.3 is 0 Å². The molecule has 0 aromatic heterocycles. The highest BCUT2D eigenvalue weighted by molar-refractivity contribution is 5.93. The molecule has 0 bridgehead atoms. The van der Waals surface area contributed by atoms with Crippen molar-refractivity contribution >= 4 is 17.7 Å². The number of likely N-dealkylation sites (N-methyl/N-ethyl adjacent to an activating group) is 1. The van der Waals surface area contributed by atoms with Crippen molar-refractivity contribution in [3.63, 3.8) is 0 Å². The van der Waals surface area contributed by atoms with Gasteiger partial charge in [0.1, 0.15) is 6.04 Å². The first-order valence-electron chi connectivity index (χ1n) is 13.8. The number of likely N-dealkylation sites (tertiary alicyclic amines) is 2. The Balaban J connectivity index is 2.17. The molecule has 2 saturated heterocycles. The van der Waals surface area contributed by atoms with E-state index in [1.165, 1.54) is 6.42 Å². The second-order valence-electron chi connectivity index (χ2n) is 11.5. The molecule has 0 saturated carbocycles. The number of piperidine rings is 2. The number of carbonyl (C=O) groups excluding carboxylic acids is 3. The molecular formula is C28H50N4O3. The Morgan fingerprint density at radius 3 is 2.03 bits per heavy atom. The summed E-state index contributed by atoms with van der Waals surface area (Å²) in [6.45, 7) is 16.7. The van der Waals surface area contributed by atoms with Crippen molar-refractivity contribution in [3.05, 3.63) is 11.6 Å². The summed E-state index contributed by atoms with van der Waals surface area (Å²) < 4.78 is 0. The Morgan fingerprint density at radius 2 is 1.49 bits per heavy atom. The van der Waals surface area contributed by atoms with Crippen LogP contribution in [0.3, 0.4) is 0 Å². The van der Waals surface area contributed by atoms with E-state index in [4.69, 9.17) is 0 Å². The molecule has 2 aliphatic heterocycles. The van der Waals surface area contributed by atoms with E-state index < -0.39 is 6.04 Å². The Morgan fingerprint density at radius 1 is 0.886 bits per heavy atom. The summed E-state index contributed by atoms with van der Waals surface area (Å²) in [5, 5.41) is 3.11. The summed E-state index contributed by atoms with van der Waals surface area (Å²) in [6, 6.07) is -0.724. The molecule has 0 aromatic rings. The van der Waals surface area contributed by atoms with Gasteiger partial charge in [-0.05, 0) is 71.3 Å². The fourth-order valence-electron chi connectivity index (χ4n) is 5.41. The lowest BCUT2D eigenvalue weighted by Gasteiger charge is -2.39. The standard InChI is InChI=1S/C28H50N4O3/c1-19(2)24(18-22(7)27(34)31-15-11-9-12-16-31)30(8)28(35)25(20(3)4)29-26(33)23-14-10-13-17-32(23)21(5)6/h18-21,23-25H,9-17H2,1-8H3,(H,29,33)/b22-18+/t23?,24-,25?/m1/s1. The molecule has 35 heavy (non-hydrogen) atoms. The van der Waals surface area contributed by atoms with Crippen molar-refractivity contribution in [1.82, 2.24) is 20.0 Å². The van der Waals surface area contributed by atoms with Crippen molar-refractivity contribution in [2.45, 2.75) is 111 Å². The van der Waals surface area contributed by atoms with Crippen LogP contribution in [-0.4, -0.2) is 83.3 Å². The fourth-order valence-corrected chi connectivity index (χ4v) is 5.41. The monoisotopic (exact) mass is 490 g/mol. The molecule has 0 radical (unpaired) electrons. The molecule has 200 valence electrons. The molecule has 2 unspecified atom stereocenters. The van der Waals surface area contributed by atoms with Crippen LogP contribution in [0.5, 0.6) is 0 Å². The number of hydrogen-bond donors (Lipinski definition) is 1. The van der Waals surface area contributed by atoms with Gasteiger partial charge in [-0.2, -0.15) is 0 Å². The van der Waals surface area contributed by atoms with E-state index in [1.54, 1.807) is 11.9 Å². The van der Waals surface area contributed by atoms with Crippen molar-refractivity contribution in [2.24, 2.45) is 11.8 Å². The molecule has 3 amide bonds. The quantitative estimate of drug-likeness (QED) is 0.499. The summed E-state index contributed by atoms with van der Waals surface area (Å²) >= 11 is 0. The average Bonchev–Trinajstić information content (AvgIpc) is 2.84. The molecule has 0 aromatic carbocycles. The molecule has 3 atom stereocenters. The van der Waals surface area contributed by atoms with Gasteiger partial charge in [-0.3, -0.25) is 19.3 Å². The van der Waals surface area contributed by atoms with Crippen LogP contribution in [0.15, 0.2) is 11.6 Å². The van der Waals surface area contributed by atoms with Gasteiger partial charge in [0.05, 0.1) is 12.1 Å². The second-order valence-corrected chi connectivity index (χ2v) is 11.5. The first-order valence-corrected chi connectivity index (χ1v) is 13.8. The third-order valence-electron chi connectivity index (χ3n) is 7.62. The molecule has 0 spiro atoms. The smallest absolute Gasteiger partial charge is 0.249 e. The molecule has 2 aliphatic rings. The number of nitrogens with one attached hydrogen (secondary N) is 1. The fraction of sp³-hybridized carbons (Fsp3) is 0.821. The molecule has 2 fully saturated rings. The van der Waals surface area contributed by atoms with Gasteiger partial charge in [0, 0.05) is 31.8 Å². The third-order valence-corrected chi connectivity index (χ3v) is 7.62. The summed E-state index contributed by atoms with van der Waals surface area (Å²) in [6.07, 6.45) is 8.19. The van der Waals surface area contributed by atoms with Crippen molar-refractivity contribution in [3.8, 4) is 0 Å². The van der Waals surface area contributed by atoms with Crippen molar-refractivity contribution in [1.29, 1.82) is 0 Å². The molecule has 1 N–H and O–H groups in total. The van der Waals surface area contributed by atoms with Crippen LogP contribution in [0.25, 0.3) is 0 Å². The van der Waals surface area contributed by atoms with Crippen molar-refractivity contribution < 1.29 is 14.4 Å². The van der Waals surface area contributed by atoms with Gasteiger partial charge in [-0.15, -0.1) is 0 Å². The third kappa shape index (κ3) is 7.80. The van der Waals surface area contributed by atoms with Crippen LogP contribution in [-0.2, 0) is 14.4 Å². The van der Waals surface area contributed by atoms with E-state index in [9.17, 15) is 14.4 Å².